The first-order valence-electron chi connectivity index (χ1n) is 9.02. The maximum atomic E-state index is 13.4. The Bertz CT molecular complexity index is 1100. The minimum atomic E-state index is -0.589. The van der Waals surface area contributed by atoms with Gasteiger partial charge in [0.2, 0.25) is 0 Å². The zero-order valence-corrected chi connectivity index (χ0v) is 16.4. The van der Waals surface area contributed by atoms with Gasteiger partial charge < -0.3 is 14.8 Å². The Hall–Kier alpha value is -4.00. The lowest BCUT2D eigenvalue weighted by Gasteiger charge is -2.09. The molecule has 0 saturated carbocycles. The maximum Gasteiger partial charge on any atom is 0.336 e. The number of carbonyl (C=O) groups is 2. The standard InChI is InChI=1S/C23H19FN2O4/c1-15-12-18(26-23(28)17-4-3-11-25-14-17)7-9-20(15)30-22(27)10-6-16-5-8-19(24)21(13-16)29-2/h3-14H,1-2H3,(H,26,28)/b10-6+. The van der Waals surface area contributed by atoms with Crippen molar-refractivity contribution in [1.29, 1.82) is 0 Å². The van der Waals surface area contributed by atoms with Crippen molar-refractivity contribution in [2.24, 2.45) is 0 Å². The van der Waals surface area contributed by atoms with Gasteiger partial charge in [-0.2, -0.15) is 0 Å². The molecule has 7 heteroatoms. The number of ether oxygens (including phenoxy) is 2. The van der Waals surface area contributed by atoms with E-state index in [4.69, 9.17) is 9.47 Å². The van der Waals surface area contributed by atoms with Gasteiger partial charge in [0.25, 0.3) is 5.91 Å². The third-order valence-corrected chi connectivity index (χ3v) is 4.15. The lowest BCUT2D eigenvalue weighted by Crippen LogP contribution is -2.12. The highest BCUT2D eigenvalue weighted by Gasteiger charge is 2.09. The average molecular weight is 406 g/mol. The molecule has 0 aliphatic carbocycles. The van der Waals surface area contributed by atoms with Crippen LogP contribution in [0.1, 0.15) is 21.5 Å². The van der Waals surface area contributed by atoms with Crippen LogP contribution >= 0.6 is 0 Å². The number of rotatable bonds is 6. The van der Waals surface area contributed by atoms with Gasteiger partial charge in [-0.1, -0.05) is 6.07 Å². The second-order valence-corrected chi connectivity index (χ2v) is 6.32. The highest BCUT2D eigenvalue weighted by atomic mass is 19.1. The maximum absolute atomic E-state index is 13.4. The number of pyridine rings is 1. The first-order valence-corrected chi connectivity index (χ1v) is 9.02. The molecule has 3 rings (SSSR count). The lowest BCUT2D eigenvalue weighted by atomic mass is 10.2. The van der Waals surface area contributed by atoms with Crippen LogP contribution in [-0.2, 0) is 4.79 Å². The number of halogens is 1. The molecule has 1 N–H and O–H groups in total. The summed E-state index contributed by atoms with van der Waals surface area (Å²) in [6.07, 6.45) is 5.80. The summed E-state index contributed by atoms with van der Waals surface area (Å²) in [5.41, 5.74) is 2.27. The Kier molecular flexibility index (Phi) is 6.54. The van der Waals surface area contributed by atoms with Crippen LogP contribution in [-0.4, -0.2) is 24.0 Å². The van der Waals surface area contributed by atoms with Crippen LogP contribution in [0.2, 0.25) is 0 Å². The number of nitrogens with zero attached hydrogens (tertiary/aromatic N) is 1. The summed E-state index contributed by atoms with van der Waals surface area (Å²) < 4.78 is 23.7. The minimum absolute atomic E-state index is 0.0882. The quantitative estimate of drug-likeness (QED) is 0.373. The van der Waals surface area contributed by atoms with Gasteiger partial charge >= 0.3 is 5.97 Å². The van der Waals surface area contributed by atoms with Gasteiger partial charge in [0, 0.05) is 24.2 Å². The molecule has 0 unspecified atom stereocenters. The molecular formula is C23H19FN2O4. The van der Waals surface area contributed by atoms with Crippen molar-refractivity contribution in [2.75, 3.05) is 12.4 Å². The minimum Gasteiger partial charge on any atom is -0.494 e. The van der Waals surface area contributed by atoms with Crippen LogP contribution in [0.25, 0.3) is 6.08 Å². The Morgan fingerprint density at radius 3 is 2.63 bits per heavy atom. The van der Waals surface area contributed by atoms with Gasteiger partial charge in [-0.15, -0.1) is 0 Å². The molecule has 0 aliphatic rings. The molecule has 30 heavy (non-hydrogen) atoms. The van der Waals surface area contributed by atoms with Crippen LogP contribution in [0, 0.1) is 12.7 Å². The van der Waals surface area contributed by atoms with Crippen molar-refractivity contribution in [3.05, 3.63) is 89.5 Å². The predicted molar refractivity (Wildman–Crippen MR) is 111 cm³/mol. The molecule has 0 aliphatic heterocycles. The van der Waals surface area contributed by atoms with E-state index in [9.17, 15) is 14.0 Å². The number of esters is 1. The van der Waals surface area contributed by atoms with E-state index < -0.39 is 11.8 Å². The van der Waals surface area contributed by atoms with E-state index in [2.05, 4.69) is 10.3 Å². The molecule has 1 heterocycles. The molecule has 0 radical (unpaired) electrons. The molecule has 1 aromatic heterocycles. The molecule has 152 valence electrons. The molecule has 0 atom stereocenters. The topological polar surface area (TPSA) is 77.5 Å². The molecular weight excluding hydrogens is 387 g/mol. The summed E-state index contributed by atoms with van der Waals surface area (Å²) in [6, 6.07) is 12.5. The Morgan fingerprint density at radius 1 is 1.10 bits per heavy atom. The molecule has 0 saturated heterocycles. The van der Waals surface area contributed by atoms with Crippen LogP contribution in [0.4, 0.5) is 10.1 Å². The van der Waals surface area contributed by atoms with Gasteiger partial charge in [-0.25, -0.2) is 9.18 Å². The second-order valence-electron chi connectivity index (χ2n) is 6.32. The van der Waals surface area contributed by atoms with E-state index in [1.165, 1.54) is 43.7 Å². The summed E-state index contributed by atoms with van der Waals surface area (Å²) >= 11 is 0. The second kappa shape index (κ2) is 9.47. The third kappa shape index (κ3) is 5.29. The van der Waals surface area contributed by atoms with E-state index in [0.29, 0.717) is 28.1 Å². The number of aromatic nitrogens is 1. The zero-order chi connectivity index (χ0) is 21.5. The fourth-order valence-electron chi connectivity index (χ4n) is 2.63. The van der Waals surface area contributed by atoms with Crippen molar-refractivity contribution < 1.29 is 23.5 Å². The predicted octanol–water partition coefficient (Wildman–Crippen LogP) is 4.41. The van der Waals surface area contributed by atoms with Crippen molar-refractivity contribution >= 4 is 23.6 Å². The average Bonchev–Trinajstić information content (AvgIpc) is 2.75. The van der Waals surface area contributed by atoms with Gasteiger partial charge in [0.15, 0.2) is 11.6 Å². The summed E-state index contributed by atoms with van der Waals surface area (Å²) in [6.45, 7) is 1.76. The number of methoxy groups -OCH3 is 1. The SMILES string of the molecule is COc1cc(/C=C/C(=O)Oc2ccc(NC(=O)c3cccnc3)cc2C)ccc1F. The number of hydrogen-bond acceptors (Lipinski definition) is 5. The Labute approximate surface area is 173 Å². The monoisotopic (exact) mass is 406 g/mol. The molecule has 0 bridgehead atoms. The highest BCUT2D eigenvalue weighted by molar-refractivity contribution is 6.04. The number of hydrogen-bond donors (Lipinski definition) is 1. The van der Waals surface area contributed by atoms with E-state index in [1.807, 2.05) is 0 Å². The summed E-state index contributed by atoms with van der Waals surface area (Å²) in [5.74, 6) is -0.909. The van der Waals surface area contributed by atoms with Crippen molar-refractivity contribution in [3.8, 4) is 11.5 Å². The summed E-state index contributed by atoms with van der Waals surface area (Å²) in [7, 11) is 1.37. The Morgan fingerprint density at radius 2 is 1.93 bits per heavy atom. The number of amides is 1. The molecule has 0 spiro atoms. The van der Waals surface area contributed by atoms with Gasteiger partial charge in [-0.3, -0.25) is 9.78 Å². The fourth-order valence-corrected chi connectivity index (χ4v) is 2.63. The fraction of sp³-hybridized carbons (Fsp3) is 0.0870. The van der Waals surface area contributed by atoms with E-state index in [1.54, 1.807) is 43.5 Å². The third-order valence-electron chi connectivity index (χ3n) is 4.15. The van der Waals surface area contributed by atoms with Crippen molar-refractivity contribution in [1.82, 2.24) is 4.98 Å². The highest BCUT2D eigenvalue weighted by Crippen LogP contribution is 2.23. The number of nitrogens with one attached hydrogen (secondary N) is 1. The number of carbonyl (C=O) groups excluding carboxylic acids is 2. The first-order chi connectivity index (χ1) is 14.5. The van der Waals surface area contributed by atoms with Crippen LogP contribution in [0.15, 0.2) is 67.0 Å². The number of benzene rings is 2. The first kappa shape index (κ1) is 20.7. The van der Waals surface area contributed by atoms with Gasteiger partial charge in [0.1, 0.15) is 5.75 Å². The molecule has 1 amide bonds. The molecule has 6 nitrogen and oxygen atoms in total. The normalized spacial score (nSPS) is 10.6. The van der Waals surface area contributed by atoms with E-state index >= 15 is 0 Å². The lowest BCUT2D eigenvalue weighted by molar-refractivity contribution is -0.128. The smallest absolute Gasteiger partial charge is 0.336 e. The summed E-state index contributed by atoms with van der Waals surface area (Å²) in [4.78, 5) is 28.2. The molecule has 3 aromatic rings. The van der Waals surface area contributed by atoms with Gasteiger partial charge in [-0.05, 0) is 66.6 Å². The Balaban J connectivity index is 1.64. The molecule has 0 fully saturated rings. The number of anilines is 1. The molecule has 2 aromatic carbocycles. The van der Waals surface area contributed by atoms with Gasteiger partial charge in [0.05, 0.1) is 12.7 Å². The van der Waals surface area contributed by atoms with E-state index in [0.717, 1.165) is 0 Å². The van der Waals surface area contributed by atoms with Crippen LogP contribution in [0.5, 0.6) is 11.5 Å². The largest absolute Gasteiger partial charge is 0.494 e. The summed E-state index contributed by atoms with van der Waals surface area (Å²) in [5, 5.41) is 2.77. The van der Waals surface area contributed by atoms with Crippen LogP contribution < -0.4 is 14.8 Å². The zero-order valence-electron chi connectivity index (χ0n) is 16.4. The van der Waals surface area contributed by atoms with Crippen molar-refractivity contribution in [2.45, 2.75) is 6.92 Å². The van der Waals surface area contributed by atoms with Crippen LogP contribution in [0.3, 0.4) is 0 Å². The van der Waals surface area contributed by atoms with E-state index in [-0.39, 0.29) is 11.7 Å². The van der Waals surface area contributed by atoms with Crippen molar-refractivity contribution in [3.63, 3.8) is 0 Å². The number of aryl methyl sites for hydroxylation is 1.